The topological polar surface area (TPSA) is 53.6 Å². The molecule has 0 radical (unpaired) electrons. The zero-order chi connectivity index (χ0) is 13.1. The molecule has 2 aromatic heterocycles. The van der Waals surface area contributed by atoms with Crippen LogP contribution in [0, 0.1) is 6.92 Å². The van der Waals surface area contributed by atoms with Crippen LogP contribution in [0.3, 0.4) is 0 Å². The fraction of sp³-hybridized carbons (Fsp3) is 0.200. The number of aryl methyl sites for hydroxylation is 1. The fourth-order valence-corrected chi connectivity index (χ4v) is 2.11. The summed E-state index contributed by atoms with van der Waals surface area (Å²) in [7, 11) is 0. The van der Waals surface area contributed by atoms with Gasteiger partial charge in [0.05, 0.1) is 11.4 Å². The number of fused-ring (bicyclic) bond motifs is 1. The van der Waals surface area contributed by atoms with E-state index in [9.17, 15) is 0 Å². The smallest absolute Gasteiger partial charge is 0.0724 e. The number of benzene rings is 1. The Morgan fingerprint density at radius 2 is 2.00 bits per heavy atom. The van der Waals surface area contributed by atoms with E-state index in [0.717, 1.165) is 24.5 Å². The highest BCUT2D eigenvalue weighted by Crippen LogP contribution is 2.17. The van der Waals surface area contributed by atoms with Crippen LogP contribution >= 0.6 is 0 Å². The summed E-state index contributed by atoms with van der Waals surface area (Å²) in [6, 6.07) is 8.32. The Morgan fingerprint density at radius 3 is 2.84 bits per heavy atom. The number of nitrogens with zero attached hydrogens (tertiary/aromatic N) is 2. The van der Waals surface area contributed by atoms with Crippen molar-refractivity contribution in [1.29, 1.82) is 0 Å². The molecular weight excluding hydrogens is 236 g/mol. The molecule has 0 unspecified atom stereocenters. The molecule has 96 valence electrons. The van der Waals surface area contributed by atoms with Crippen molar-refractivity contribution in [3.8, 4) is 0 Å². The normalized spacial score (nSPS) is 11.0. The number of hydrogen-bond acceptors (Lipinski definition) is 3. The van der Waals surface area contributed by atoms with Crippen LogP contribution in [0.1, 0.15) is 17.0 Å². The SMILES string of the molecule is Cc1cnc(CNCc2c[nH]c3ccccc23)cn1. The molecule has 19 heavy (non-hydrogen) atoms. The number of rotatable bonds is 4. The van der Waals surface area contributed by atoms with Crippen LogP contribution in [-0.4, -0.2) is 15.0 Å². The first-order valence-corrected chi connectivity index (χ1v) is 6.36. The van der Waals surface area contributed by atoms with Gasteiger partial charge in [0.2, 0.25) is 0 Å². The second-order valence-corrected chi connectivity index (χ2v) is 4.61. The van der Waals surface area contributed by atoms with Crippen LogP contribution in [0.25, 0.3) is 10.9 Å². The van der Waals surface area contributed by atoms with Crippen molar-refractivity contribution >= 4 is 10.9 Å². The molecule has 0 atom stereocenters. The first kappa shape index (κ1) is 11.9. The quantitative estimate of drug-likeness (QED) is 0.750. The Kier molecular flexibility index (Phi) is 3.25. The number of nitrogens with one attached hydrogen (secondary N) is 2. The first-order chi connectivity index (χ1) is 9.33. The Bertz CT molecular complexity index is 670. The lowest BCUT2D eigenvalue weighted by molar-refractivity contribution is 0.678. The molecule has 0 aliphatic carbocycles. The molecule has 4 heteroatoms. The lowest BCUT2D eigenvalue weighted by Gasteiger charge is -2.03. The third-order valence-electron chi connectivity index (χ3n) is 3.13. The number of aromatic nitrogens is 3. The second kappa shape index (κ2) is 5.20. The third-order valence-corrected chi connectivity index (χ3v) is 3.13. The van der Waals surface area contributed by atoms with Gasteiger partial charge in [-0.05, 0) is 18.6 Å². The zero-order valence-electron chi connectivity index (χ0n) is 10.9. The molecule has 0 amide bonds. The van der Waals surface area contributed by atoms with E-state index in [0.29, 0.717) is 0 Å². The van der Waals surface area contributed by atoms with Gasteiger partial charge in [-0.1, -0.05) is 18.2 Å². The minimum atomic E-state index is 0.729. The second-order valence-electron chi connectivity index (χ2n) is 4.61. The highest BCUT2D eigenvalue weighted by Gasteiger charge is 2.02. The van der Waals surface area contributed by atoms with Gasteiger partial charge in [-0.15, -0.1) is 0 Å². The molecular formula is C15H16N4. The Morgan fingerprint density at radius 1 is 1.11 bits per heavy atom. The van der Waals surface area contributed by atoms with Crippen molar-refractivity contribution in [2.24, 2.45) is 0 Å². The first-order valence-electron chi connectivity index (χ1n) is 6.36. The van der Waals surface area contributed by atoms with E-state index >= 15 is 0 Å². The fourth-order valence-electron chi connectivity index (χ4n) is 2.11. The Balaban J connectivity index is 1.65. The lowest BCUT2D eigenvalue weighted by Crippen LogP contribution is -2.13. The Labute approximate surface area is 111 Å². The molecule has 1 aromatic carbocycles. The minimum absolute atomic E-state index is 0.729. The standard InChI is InChI=1S/C15H16N4/c1-11-6-18-13(10-17-11)9-16-7-12-8-19-15-5-3-2-4-14(12)15/h2-6,8,10,16,19H,7,9H2,1H3. The average molecular weight is 252 g/mol. The van der Waals surface area contributed by atoms with Gasteiger partial charge < -0.3 is 10.3 Å². The largest absolute Gasteiger partial charge is 0.361 e. The highest BCUT2D eigenvalue weighted by molar-refractivity contribution is 5.82. The maximum Gasteiger partial charge on any atom is 0.0724 e. The van der Waals surface area contributed by atoms with E-state index in [2.05, 4.69) is 44.7 Å². The van der Waals surface area contributed by atoms with Gasteiger partial charge >= 0.3 is 0 Å². The Hall–Kier alpha value is -2.20. The molecule has 0 aliphatic heterocycles. The van der Waals surface area contributed by atoms with Gasteiger partial charge in [0.25, 0.3) is 0 Å². The molecule has 0 aliphatic rings. The maximum atomic E-state index is 4.33. The van der Waals surface area contributed by atoms with Crippen molar-refractivity contribution in [1.82, 2.24) is 20.3 Å². The third kappa shape index (κ3) is 2.63. The van der Waals surface area contributed by atoms with Gasteiger partial charge in [-0.2, -0.15) is 0 Å². The summed E-state index contributed by atoms with van der Waals surface area (Å²) in [6.07, 6.45) is 5.67. The maximum absolute atomic E-state index is 4.33. The lowest BCUT2D eigenvalue weighted by atomic mass is 10.2. The van der Waals surface area contributed by atoms with Crippen LogP contribution in [-0.2, 0) is 13.1 Å². The van der Waals surface area contributed by atoms with Crippen LogP contribution in [0.2, 0.25) is 0 Å². The molecule has 3 rings (SSSR count). The van der Waals surface area contributed by atoms with Crippen LogP contribution in [0.5, 0.6) is 0 Å². The molecule has 0 saturated heterocycles. The van der Waals surface area contributed by atoms with Crippen LogP contribution in [0.4, 0.5) is 0 Å². The summed E-state index contributed by atoms with van der Waals surface area (Å²) < 4.78 is 0. The molecule has 0 saturated carbocycles. The molecule has 3 aromatic rings. The van der Waals surface area contributed by atoms with E-state index in [1.165, 1.54) is 16.5 Å². The zero-order valence-corrected chi connectivity index (χ0v) is 10.9. The van der Waals surface area contributed by atoms with Crippen molar-refractivity contribution in [3.63, 3.8) is 0 Å². The van der Waals surface area contributed by atoms with Crippen LogP contribution < -0.4 is 5.32 Å². The molecule has 0 spiro atoms. The summed E-state index contributed by atoms with van der Waals surface area (Å²) >= 11 is 0. The predicted molar refractivity (Wildman–Crippen MR) is 75.6 cm³/mol. The van der Waals surface area contributed by atoms with Crippen molar-refractivity contribution in [3.05, 3.63) is 59.8 Å². The predicted octanol–water partition coefficient (Wildman–Crippen LogP) is 2.56. The summed E-state index contributed by atoms with van der Waals surface area (Å²) in [4.78, 5) is 11.8. The summed E-state index contributed by atoms with van der Waals surface area (Å²) in [5, 5.41) is 4.66. The van der Waals surface area contributed by atoms with E-state index < -0.39 is 0 Å². The van der Waals surface area contributed by atoms with Crippen molar-refractivity contribution < 1.29 is 0 Å². The average Bonchev–Trinajstić information content (AvgIpc) is 2.85. The molecule has 0 bridgehead atoms. The van der Waals surface area contributed by atoms with Crippen molar-refractivity contribution in [2.45, 2.75) is 20.0 Å². The minimum Gasteiger partial charge on any atom is -0.361 e. The summed E-state index contributed by atoms with van der Waals surface area (Å²) in [5.41, 5.74) is 4.36. The number of hydrogen-bond donors (Lipinski definition) is 2. The molecule has 4 nitrogen and oxygen atoms in total. The van der Waals surface area contributed by atoms with E-state index in [-0.39, 0.29) is 0 Å². The summed E-state index contributed by atoms with van der Waals surface area (Å²) in [5.74, 6) is 0. The van der Waals surface area contributed by atoms with Gasteiger partial charge in [-0.3, -0.25) is 9.97 Å². The molecule has 2 N–H and O–H groups in total. The number of para-hydroxylation sites is 1. The monoisotopic (exact) mass is 252 g/mol. The highest BCUT2D eigenvalue weighted by atomic mass is 14.9. The number of H-pyrrole nitrogens is 1. The summed E-state index contributed by atoms with van der Waals surface area (Å²) in [6.45, 7) is 3.49. The van der Waals surface area contributed by atoms with Crippen molar-refractivity contribution in [2.75, 3.05) is 0 Å². The van der Waals surface area contributed by atoms with E-state index in [1.807, 2.05) is 19.2 Å². The van der Waals surface area contributed by atoms with E-state index in [1.54, 1.807) is 6.20 Å². The molecule has 2 heterocycles. The van der Waals surface area contributed by atoms with Gasteiger partial charge in [-0.25, -0.2) is 0 Å². The number of aromatic amines is 1. The van der Waals surface area contributed by atoms with E-state index in [4.69, 9.17) is 0 Å². The van der Waals surface area contributed by atoms with Gasteiger partial charge in [0.1, 0.15) is 0 Å². The molecule has 0 fully saturated rings. The van der Waals surface area contributed by atoms with Gasteiger partial charge in [0, 0.05) is 42.6 Å². The van der Waals surface area contributed by atoms with Gasteiger partial charge in [0.15, 0.2) is 0 Å². The van der Waals surface area contributed by atoms with Crippen LogP contribution in [0.15, 0.2) is 42.9 Å².